The molecule has 0 spiro atoms. The van der Waals surface area contributed by atoms with Gasteiger partial charge in [0.1, 0.15) is 0 Å². The van der Waals surface area contributed by atoms with Crippen molar-refractivity contribution < 1.29 is 5.11 Å². The molecule has 1 atom stereocenters. The molecule has 1 nitrogen and oxygen atoms in total. The number of aliphatic hydroxyl groups is 1. The fourth-order valence-corrected chi connectivity index (χ4v) is 3.36. The predicted octanol–water partition coefficient (Wildman–Crippen LogP) is 5.62. The summed E-state index contributed by atoms with van der Waals surface area (Å²) in [4.78, 5) is 0. The number of rotatable bonds is 3. The number of halogens is 1. The molecule has 2 aromatic rings. The quantitative estimate of drug-likeness (QED) is 0.780. The first-order chi connectivity index (χ1) is 10.2. The molecule has 1 N–H and O–H groups in total. The van der Waals surface area contributed by atoms with E-state index in [1.54, 1.807) is 0 Å². The molecule has 1 fully saturated rings. The van der Waals surface area contributed by atoms with Gasteiger partial charge in [0.15, 0.2) is 0 Å². The molecule has 21 heavy (non-hydrogen) atoms. The Kier molecular flexibility index (Phi) is 4.62. The van der Waals surface area contributed by atoms with E-state index in [0.717, 1.165) is 34.6 Å². The third kappa shape index (κ3) is 3.48. The lowest BCUT2D eigenvalue weighted by atomic mass is 9.82. The minimum absolute atomic E-state index is 0.315. The van der Waals surface area contributed by atoms with Crippen molar-refractivity contribution in [3.63, 3.8) is 0 Å². The average molecular weight is 301 g/mol. The first kappa shape index (κ1) is 14.6. The fraction of sp³-hybridized carbons (Fsp3) is 0.368. The maximum Gasteiger partial charge on any atom is 0.0818 e. The van der Waals surface area contributed by atoms with Crippen LogP contribution in [0.25, 0.3) is 11.1 Å². The zero-order chi connectivity index (χ0) is 14.7. The Hall–Kier alpha value is -1.31. The van der Waals surface area contributed by atoms with Crippen LogP contribution in [0.15, 0.2) is 48.5 Å². The van der Waals surface area contributed by atoms with Gasteiger partial charge in [-0.25, -0.2) is 0 Å². The minimum atomic E-state index is -0.315. The zero-order valence-corrected chi connectivity index (χ0v) is 12.9. The summed E-state index contributed by atoms with van der Waals surface area (Å²) in [5.41, 5.74) is 3.35. The zero-order valence-electron chi connectivity index (χ0n) is 12.1. The van der Waals surface area contributed by atoms with Crippen LogP contribution in [0.5, 0.6) is 0 Å². The van der Waals surface area contributed by atoms with Gasteiger partial charge in [0.05, 0.1) is 6.10 Å². The first-order valence-corrected chi connectivity index (χ1v) is 8.16. The van der Waals surface area contributed by atoms with Gasteiger partial charge >= 0.3 is 0 Å². The maximum atomic E-state index is 10.5. The van der Waals surface area contributed by atoms with E-state index in [4.69, 9.17) is 11.6 Å². The van der Waals surface area contributed by atoms with Gasteiger partial charge in [0.2, 0.25) is 0 Å². The third-order valence-corrected chi connectivity index (χ3v) is 4.78. The monoisotopic (exact) mass is 300 g/mol. The summed E-state index contributed by atoms with van der Waals surface area (Å²) >= 11 is 5.92. The van der Waals surface area contributed by atoms with E-state index >= 15 is 0 Å². The van der Waals surface area contributed by atoms with Crippen LogP contribution in [0.4, 0.5) is 0 Å². The Bertz CT molecular complexity index is 568. The van der Waals surface area contributed by atoms with E-state index in [1.807, 2.05) is 24.3 Å². The van der Waals surface area contributed by atoms with E-state index in [1.165, 1.54) is 19.3 Å². The van der Waals surface area contributed by atoms with Gasteiger partial charge in [-0.2, -0.15) is 0 Å². The summed E-state index contributed by atoms with van der Waals surface area (Å²) in [5.74, 6) is 0.431. The highest BCUT2D eigenvalue weighted by Crippen LogP contribution is 2.35. The highest BCUT2D eigenvalue weighted by molar-refractivity contribution is 6.30. The fourth-order valence-electron chi connectivity index (χ4n) is 3.24. The molecule has 3 rings (SSSR count). The second-order valence-electron chi connectivity index (χ2n) is 5.97. The largest absolute Gasteiger partial charge is 0.388 e. The van der Waals surface area contributed by atoms with Crippen LogP contribution in [0, 0.1) is 5.92 Å². The smallest absolute Gasteiger partial charge is 0.0818 e. The molecule has 0 amide bonds. The summed E-state index contributed by atoms with van der Waals surface area (Å²) in [6.45, 7) is 0. The third-order valence-electron chi connectivity index (χ3n) is 4.53. The van der Waals surface area contributed by atoms with Crippen molar-refractivity contribution >= 4 is 11.6 Å². The molecule has 1 aliphatic carbocycles. The van der Waals surface area contributed by atoms with Gasteiger partial charge in [-0.3, -0.25) is 0 Å². The highest BCUT2D eigenvalue weighted by Gasteiger charge is 2.22. The summed E-state index contributed by atoms with van der Waals surface area (Å²) < 4.78 is 0. The molecule has 110 valence electrons. The molecular formula is C19H21ClO. The van der Waals surface area contributed by atoms with E-state index in [9.17, 15) is 5.11 Å². The van der Waals surface area contributed by atoms with Crippen molar-refractivity contribution in [1.82, 2.24) is 0 Å². The molecule has 1 unspecified atom stereocenters. The van der Waals surface area contributed by atoms with E-state index in [0.29, 0.717) is 5.92 Å². The van der Waals surface area contributed by atoms with E-state index in [2.05, 4.69) is 24.3 Å². The number of aliphatic hydroxyl groups excluding tert-OH is 1. The standard InChI is InChI=1S/C19H21ClO/c20-18-12-10-15(11-13-18)14-6-8-17(9-7-14)19(21)16-4-2-1-3-5-16/h6-13,16,19,21H,1-5H2. The summed E-state index contributed by atoms with van der Waals surface area (Å²) in [7, 11) is 0. The van der Waals surface area contributed by atoms with E-state index in [-0.39, 0.29) is 6.10 Å². The Balaban J connectivity index is 1.75. The van der Waals surface area contributed by atoms with Crippen LogP contribution in [0.1, 0.15) is 43.8 Å². The topological polar surface area (TPSA) is 20.2 Å². The second-order valence-corrected chi connectivity index (χ2v) is 6.41. The van der Waals surface area contributed by atoms with Crippen molar-refractivity contribution in [2.45, 2.75) is 38.2 Å². The van der Waals surface area contributed by atoms with Crippen LogP contribution >= 0.6 is 11.6 Å². The van der Waals surface area contributed by atoms with Crippen LogP contribution < -0.4 is 0 Å². The number of hydrogen-bond acceptors (Lipinski definition) is 1. The highest BCUT2D eigenvalue weighted by atomic mass is 35.5. The van der Waals surface area contributed by atoms with Gasteiger partial charge in [0.25, 0.3) is 0 Å². The van der Waals surface area contributed by atoms with Crippen LogP contribution in [-0.4, -0.2) is 5.11 Å². The Labute approximate surface area is 131 Å². The van der Waals surface area contributed by atoms with Crippen LogP contribution in [-0.2, 0) is 0 Å². The molecule has 0 heterocycles. The van der Waals surface area contributed by atoms with Crippen molar-refractivity contribution in [3.8, 4) is 11.1 Å². The Morgan fingerprint density at radius 1 is 0.810 bits per heavy atom. The lowest BCUT2D eigenvalue weighted by molar-refractivity contribution is 0.0848. The van der Waals surface area contributed by atoms with Gasteiger partial charge in [-0.15, -0.1) is 0 Å². The number of benzene rings is 2. The van der Waals surface area contributed by atoms with Gasteiger partial charge in [-0.05, 0) is 47.6 Å². The van der Waals surface area contributed by atoms with Crippen molar-refractivity contribution in [2.75, 3.05) is 0 Å². The van der Waals surface area contributed by atoms with Crippen molar-refractivity contribution in [3.05, 3.63) is 59.1 Å². The van der Waals surface area contributed by atoms with Crippen molar-refractivity contribution in [1.29, 1.82) is 0 Å². The first-order valence-electron chi connectivity index (χ1n) is 7.78. The summed E-state index contributed by atoms with van der Waals surface area (Å²) in [6.07, 6.45) is 5.82. The molecular weight excluding hydrogens is 280 g/mol. The predicted molar refractivity (Wildman–Crippen MR) is 88.4 cm³/mol. The lowest BCUT2D eigenvalue weighted by Crippen LogP contribution is -2.15. The maximum absolute atomic E-state index is 10.5. The van der Waals surface area contributed by atoms with E-state index < -0.39 is 0 Å². The Morgan fingerprint density at radius 3 is 1.90 bits per heavy atom. The molecule has 0 saturated heterocycles. The van der Waals surface area contributed by atoms with Gasteiger partial charge < -0.3 is 5.11 Å². The number of hydrogen-bond donors (Lipinski definition) is 1. The van der Waals surface area contributed by atoms with Crippen LogP contribution in [0.3, 0.4) is 0 Å². The minimum Gasteiger partial charge on any atom is -0.388 e. The summed E-state index contributed by atoms with van der Waals surface area (Å²) in [6, 6.07) is 16.1. The molecule has 0 aromatic heterocycles. The second kappa shape index (κ2) is 6.64. The molecule has 2 heteroatoms. The molecule has 1 saturated carbocycles. The van der Waals surface area contributed by atoms with Crippen LogP contribution in [0.2, 0.25) is 5.02 Å². The molecule has 2 aromatic carbocycles. The lowest BCUT2D eigenvalue weighted by Gasteiger charge is -2.26. The van der Waals surface area contributed by atoms with Gasteiger partial charge in [-0.1, -0.05) is 67.3 Å². The molecule has 0 aliphatic heterocycles. The van der Waals surface area contributed by atoms with Crippen molar-refractivity contribution in [2.24, 2.45) is 5.92 Å². The molecule has 1 aliphatic rings. The SMILES string of the molecule is OC(c1ccc(-c2ccc(Cl)cc2)cc1)C1CCCCC1. The normalized spacial score (nSPS) is 17.6. The summed E-state index contributed by atoms with van der Waals surface area (Å²) in [5, 5.41) is 11.3. The van der Waals surface area contributed by atoms with Gasteiger partial charge in [0, 0.05) is 5.02 Å². The average Bonchev–Trinajstić information content (AvgIpc) is 2.56. The molecule has 0 radical (unpaired) electrons. The Morgan fingerprint density at radius 2 is 1.33 bits per heavy atom. The molecule has 0 bridgehead atoms.